The van der Waals surface area contributed by atoms with Gasteiger partial charge in [-0.2, -0.15) is 0 Å². The van der Waals surface area contributed by atoms with Crippen molar-refractivity contribution in [3.63, 3.8) is 0 Å². The topological polar surface area (TPSA) is 141 Å². The van der Waals surface area contributed by atoms with Crippen molar-refractivity contribution in [2.24, 2.45) is 11.3 Å². The number of hydrogen-bond donors (Lipinski definition) is 5. The van der Waals surface area contributed by atoms with Crippen LogP contribution in [0.3, 0.4) is 0 Å². The zero-order valence-electron chi connectivity index (χ0n) is 21.0. The minimum absolute atomic E-state index is 0.0780. The normalized spacial score (nSPS) is 14.1. The second-order valence-electron chi connectivity index (χ2n) is 10.3. The fourth-order valence-electron chi connectivity index (χ4n) is 2.89. The Morgan fingerprint density at radius 3 is 2.42 bits per heavy atom. The molecule has 9 heteroatoms. The summed E-state index contributed by atoms with van der Waals surface area (Å²) in [5.41, 5.74) is 0.936. The first-order chi connectivity index (χ1) is 15.2. The summed E-state index contributed by atoms with van der Waals surface area (Å²) in [4.78, 5) is 28.6. The summed E-state index contributed by atoms with van der Waals surface area (Å²) >= 11 is 0. The Hall–Kier alpha value is -2.07. The predicted octanol–water partition coefficient (Wildman–Crippen LogP) is 1.59. The van der Waals surface area contributed by atoms with Gasteiger partial charge in [0.2, 0.25) is 5.91 Å². The maximum Gasteiger partial charge on any atom is 0.249 e. The molecule has 1 amide bonds. The van der Waals surface area contributed by atoms with Crippen LogP contribution in [0.2, 0.25) is 0 Å². The van der Waals surface area contributed by atoms with Crippen LogP contribution in [-0.4, -0.2) is 63.4 Å². The monoisotopic (exact) mass is 467 g/mol. The van der Waals surface area contributed by atoms with Gasteiger partial charge in [0, 0.05) is 53.7 Å². The molecule has 2 atom stereocenters. The van der Waals surface area contributed by atoms with Gasteiger partial charge >= 0.3 is 0 Å². The zero-order chi connectivity index (χ0) is 25.4. The van der Waals surface area contributed by atoms with E-state index < -0.39 is 17.4 Å². The number of aromatic hydroxyl groups is 1. The minimum Gasteiger partial charge on any atom is -0.506 e. The van der Waals surface area contributed by atoms with Crippen molar-refractivity contribution in [3.05, 3.63) is 23.0 Å². The summed E-state index contributed by atoms with van der Waals surface area (Å²) in [5, 5.41) is 35.6. The maximum absolute atomic E-state index is 12.4. The highest BCUT2D eigenvalue weighted by Gasteiger charge is 2.32. The summed E-state index contributed by atoms with van der Waals surface area (Å²) < 4.78 is 5.74. The second kappa shape index (κ2) is 12.4. The van der Waals surface area contributed by atoms with Crippen molar-refractivity contribution < 1.29 is 29.6 Å². The van der Waals surface area contributed by atoms with Crippen LogP contribution < -0.4 is 10.6 Å². The van der Waals surface area contributed by atoms with Gasteiger partial charge in [-0.05, 0) is 27.7 Å². The van der Waals surface area contributed by atoms with Crippen molar-refractivity contribution in [1.29, 1.82) is 0 Å². The van der Waals surface area contributed by atoms with E-state index in [1.807, 2.05) is 20.8 Å². The Kier molecular flexibility index (Phi) is 10.9. The van der Waals surface area contributed by atoms with Crippen molar-refractivity contribution in [3.8, 4) is 5.75 Å². The average Bonchev–Trinajstić information content (AvgIpc) is 2.73. The molecule has 0 aromatic carbocycles. The molecule has 188 valence electrons. The number of carbonyl (C=O) groups is 2. The Morgan fingerprint density at radius 1 is 1.21 bits per heavy atom. The van der Waals surface area contributed by atoms with Crippen molar-refractivity contribution in [2.45, 2.75) is 79.7 Å². The molecule has 9 nitrogen and oxygen atoms in total. The van der Waals surface area contributed by atoms with E-state index in [4.69, 9.17) is 4.74 Å². The fourth-order valence-corrected chi connectivity index (χ4v) is 2.89. The number of pyridine rings is 1. The number of aromatic nitrogens is 1. The molecule has 0 aliphatic heterocycles. The summed E-state index contributed by atoms with van der Waals surface area (Å²) in [7, 11) is 0. The van der Waals surface area contributed by atoms with E-state index in [1.54, 1.807) is 33.9 Å². The van der Waals surface area contributed by atoms with Gasteiger partial charge in [0.15, 0.2) is 0 Å². The van der Waals surface area contributed by atoms with E-state index in [0.29, 0.717) is 12.2 Å². The van der Waals surface area contributed by atoms with Crippen molar-refractivity contribution in [2.75, 3.05) is 19.8 Å². The molecule has 1 unspecified atom stereocenters. The van der Waals surface area contributed by atoms with Gasteiger partial charge in [-0.1, -0.05) is 20.8 Å². The zero-order valence-corrected chi connectivity index (χ0v) is 21.0. The number of aliphatic hydroxyl groups excluding tert-OH is 2. The largest absolute Gasteiger partial charge is 0.506 e. The lowest BCUT2D eigenvalue weighted by Gasteiger charge is -2.27. The van der Waals surface area contributed by atoms with E-state index in [-0.39, 0.29) is 55.8 Å². The SMILES string of the molecule is Cc1ncc(COCC(C)C(=O)CCNC(=O)[C@H](O)C(C)(C)CO)c(CNC(C)(C)C)c1O. The minimum atomic E-state index is -1.36. The quantitative estimate of drug-likeness (QED) is 0.295. The molecular formula is C24H41N3O6. The lowest BCUT2D eigenvalue weighted by Crippen LogP contribution is -2.46. The van der Waals surface area contributed by atoms with Gasteiger partial charge < -0.3 is 30.7 Å². The van der Waals surface area contributed by atoms with Crippen molar-refractivity contribution >= 4 is 11.7 Å². The number of rotatable bonds is 13. The van der Waals surface area contributed by atoms with E-state index in [9.17, 15) is 24.9 Å². The number of amides is 1. The number of Topliss-reactive ketones (excluding diaryl/α,β-unsaturated/α-hetero) is 1. The number of aryl methyl sites for hydroxylation is 1. The highest BCUT2D eigenvalue weighted by molar-refractivity contribution is 5.83. The molecule has 0 aliphatic carbocycles. The van der Waals surface area contributed by atoms with E-state index in [2.05, 4.69) is 15.6 Å². The molecule has 5 N–H and O–H groups in total. The average molecular weight is 468 g/mol. The molecule has 1 heterocycles. The van der Waals surface area contributed by atoms with Gasteiger partial charge in [-0.25, -0.2) is 0 Å². The number of carbonyl (C=O) groups excluding carboxylic acids is 2. The van der Waals surface area contributed by atoms with E-state index >= 15 is 0 Å². The number of hydrogen-bond acceptors (Lipinski definition) is 8. The Labute approximate surface area is 197 Å². The summed E-state index contributed by atoms with van der Waals surface area (Å²) in [6, 6.07) is 0. The molecule has 1 rings (SSSR count). The van der Waals surface area contributed by atoms with Crippen LogP contribution in [0.25, 0.3) is 0 Å². The second-order valence-corrected chi connectivity index (χ2v) is 10.3. The van der Waals surface area contributed by atoms with Gasteiger partial charge in [0.05, 0.1) is 25.5 Å². The highest BCUT2D eigenvalue weighted by atomic mass is 16.5. The van der Waals surface area contributed by atoms with Gasteiger partial charge in [0.1, 0.15) is 17.6 Å². The molecule has 0 spiro atoms. The first-order valence-electron chi connectivity index (χ1n) is 11.3. The van der Waals surface area contributed by atoms with Gasteiger partial charge in [-0.3, -0.25) is 14.6 Å². The Bertz CT molecular complexity index is 804. The van der Waals surface area contributed by atoms with Crippen LogP contribution in [0.1, 0.15) is 64.8 Å². The smallest absolute Gasteiger partial charge is 0.249 e. The number of aliphatic hydroxyl groups is 2. The summed E-state index contributed by atoms with van der Waals surface area (Å²) in [5.74, 6) is -0.942. The van der Waals surface area contributed by atoms with Crippen LogP contribution >= 0.6 is 0 Å². The molecule has 0 bridgehead atoms. The highest BCUT2D eigenvalue weighted by Crippen LogP contribution is 2.25. The van der Waals surface area contributed by atoms with E-state index in [1.165, 1.54) is 0 Å². The number of nitrogens with one attached hydrogen (secondary N) is 2. The predicted molar refractivity (Wildman–Crippen MR) is 126 cm³/mol. The standard InChI is InChI=1S/C24H41N3O6/c1-15(19(29)8-9-25-22(32)21(31)24(6,7)14-28)12-33-13-17-10-26-16(2)20(30)18(17)11-27-23(3,4)5/h10,15,21,27-28,30-31H,8-9,11-14H2,1-7H3,(H,25,32)/t15?,21-/m0/s1. The fraction of sp³-hybridized carbons (Fsp3) is 0.708. The molecule has 0 aliphatic rings. The molecule has 0 saturated carbocycles. The molecule has 0 fully saturated rings. The Morgan fingerprint density at radius 2 is 1.85 bits per heavy atom. The summed E-state index contributed by atoms with van der Waals surface area (Å²) in [6.45, 7) is 13.4. The third kappa shape index (κ3) is 9.37. The number of ketones is 1. The van der Waals surface area contributed by atoms with E-state index in [0.717, 1.165) is 11.1 Å². The van der Waals surface area contributed by atoms with Crippen LogP contribution in [0.15, 0.2) is 6.20 Å². The third-order valence-corrected chi connectivity index (χ3v) is 5.47. The van der Waals surface area contributed by atoms with Crippen LogP contribution in [-0.2, 0) is 27.5 Å². The van der Waals surface area contributed by atoms with Crippen LogP contribution in [0.5, 0.6) is 5.75 Å². The van der Waals surface area contributed by atoms with Gasteiger partial charge in [-0.15, -0.1) is 0 Å². The molecule has 1 aromatic rings. The molecule has 1 aromatic heterocycles. The Balaban J connectivity index is 2.55. The number of ether oxygens (including phenoxy) is 1. The maximum atomic E-state index is 12.4. The third-order valence-electron chi connectivity index (χ3n) is 5.47. The lowest BCUT2D eigenvalue weighted by molar-refractivity contribution is -0.137. The first-order valence-corrected chi connectivity index (χ1v) is 11.3. The molecule has 0 saturated heterocycles. The lowest BCUT2D eigenvalue weighted by atomic mass is 9.87. The molecular weight excluding hydrogens is 426 g/mol. The van der Waals surface area contributed by atoms with Crippen molar-refractivity contribution in [1.82, 2.24) is 15.6 Å². The summed E-state index contributed by atoms with van der Waals surface area (Å²) in [6.07, 6.45) is 0.423. The van der Waals surface area contributed by atoms with Crippen LogP contribution in [0.4, 0.5) is 0 Å². The number of nitrogens with zero attached hydrogens (tertiary/aromatic N) is 1. The van der Waals surface area contributed by atoms with Crippen LogP contribution in [0, 0.1) is 18.3 Å². The first kappa shape index (κ1) is 29.0. The molecule has 33 heavy (non-hydrogen) atoms. The van der Waals surface area contributed by atoms with Gasteiger partial charge in [0.25, 0.3) is 0 Å². The molecule has 0 radical (unpaired) electrons.